The van der Waals surface area contributed by atoms with Gasteiger partial charge in [0, 0.05) is 24.2 Å². The van der Waals surface area contributed by atoms with Crippen molar-refractivity contribution in [2.75, 3.05) is 11.9 Å². The molecule has 0 radical (unpaired) electrons. The van der Waals surface area contributed by atoms with Crippen LogP contribution in [0.3, 0.4) is 0 Å². The maximum absolute atomic E-state index is 6.17. The van der Waals surface area contributed by atoms with Gasteiger partial charge in [-0.15, -0.1) is 0 Å². The second-order valence-corrected chi connectivity index (χ2v) is 4.99. The van der Waals surface area contributed by atoms with Gasteiger partial charge in [0.1, 0.15) is 0 Å². The summed E-state index contributed by atoms with van der Waals surface area (Å²) in [4.78, 5) is 8.80. The zero-order chi connectivity index (χ0) is 14.5. The zero-order valence-corrected chi connectivity index (χ0v) is 11.7. The summed E-state index contributed by atoms with van der Waals surface area (Å²) in [6.07, 6.45) is 2.67. The first kappa shape index (κ1) is 13.5. The van der Waals surface area contributed by atoms with Gasteiger partial charge < -0.3 is 11.1 Å². The Bertz CT molecular complexity index is 712. The van der Waals surface area contributed by atoms with Gasteiger partial charge in [-0.05, 0) is 18.1 Å². The molecule has 1 atom stereocenters. The van der Waals surface area contributed by atoms with Crippen LogP contribution in [0.4, 0.5) is 5.95 Å². The molecule has 21 heavy (non-hydrogen) atoms. The van der Waals surface area contributed by atoms with Gasteiger partial charge in [0.2, 0.25) is 5.95 Å². The molecule has 3 aromatic rings. The molecule has 1 unspecified atom stereocenters. The Balaban J connectivity index is 1.59. The lowest BCUT2D eigenvalue weighted by molar-refractivity contribution is 0.673. The van der Waals surface area contributed by atoms with E-state index in [1.54, 1.807) is 0 Å². The highest BCUT2D eigenvalue weighted by Gasteiger charge is 2.05. The van der Waals surface area contributed by atoms with Gasteiger partial charge in [-0.2, -0.15) is 0 Å². The largest absolute Gasteiger partial charge is 0.354 e. The average Bonchev–Trinajstić information content (AvgIpc) is 2.55. The maximum Gasteiger partial charge on any atom is 0.223 e. The molecule has 0 spiro atoms. The Hall–Kier alpha value is -2.46. The van der Waals surface area contributed by atoms with Gasteiger partial charge >= 0.3 is 0 Å². The van der Waals surface area contributed by atoms with Crippen LogP contribution in [0.2, 0.25) is 0 Å². The summed E-state index contributed by atoms with van der Waals surface area (Å²) in [5.74, 6) is 0.647. The van der Waals surface area contributed by atoms with E-state index in [-0.39, 0.29) is 6.04 Å². The number of hydrogen-bond acceptors (Lipinski definition) is 4. The van der Waals surface area contributed by atoms with E-state index in [4.69, 9.17) is 5.73 Å². The second kappa shape index (κ2) is 6.33. The van der Waals surface area contributed by atoms with Crippen molar-refractivity contribution in [1.82, 2.24) is 9.97 Å². The number of benzene rings is 2. The number of nitrogens with zero attached hydrogens (tertiary/aromatic N) is 2. The molecule has 1 heterocycles. The van der Waals surface area contributed by atoms with E-state index >= 15 is 0 Å². The van der Waals surface area contributed by atoms with Crippen molar-refractivity contribution in [3.63, 3.8) is 0 Å². The molecule has 4 nitrogen and oxygen atoms in total. The van der Waals surface area contributed by atoms with Crippen molar-refractivity contribution in [1.29, 1.82) is 0 Å². The minimum atomic E-state index is 0.0270. The Morgan fingerprint density at radius 1 is 1.00 bits per heavy atom. The fourth-order valence-electron chi connectivity index (χ4n) is 2.26. The van der Waals surface area contributed by atoms with Crippen molar-refractivity contribution >= 4 is 16.9 Å². The number of nitrogens with two attached hydrogens (primary N) is 1. The topological polar surface area (TPSA) is 63.8 Å². The normalized spacial score (nSPS) is 12.2. The van der Waals surface area contributed by atoms with Crippen molar-refractivity contribution in [3.8, 4) is 0 Å². The highest BCUT2D eigenvalue weighted by molar-refractivity contribution is 5.78. The van der Waals surface area contributed by atoms with Crippen LogP contribution < -0.4 is 11.1 Å². The van der Waals surface area contributed by atoms with E-state index in [1.165, 1.54) is 0 Å². The van der Waals surface area contributed by atoms with Gasteiger partial charge in [-0.1, -0.05) is 48.5 Å². The number of nitrogens with one attached hydrogen (secondary N) is 1. The highest BCUT2D eigenvalue weighted by atomic mass is 15.1. The molecule has 3 N–H and O–H groups in total. The molecule has 0 aliphatic carbocycles. The van der Waals surface area contributed by atoms with Crippen LogP contribution in [-0.2, 0) is 0 Å². The van der Waals surface area contributed by atoms with Crippen molar-refractivity contribution in [3.05, 3.63) is 66.4 Å². The van der Waals surface area contributed by atoms with E-state index in [2.05, 4.69) is 27.4 Å². The summed E-state index contributed by atoms with van der Waals surface area (Å²) >= 11 is 0. The van der Waals surface area contributed by atoms with E-state index in [9.17, 15) is 0 Å². The summed E-state index contributed by atoms with van der Waals surface area (Å²) in [6, 6.07) is 18.1. The van der Waals surface area contributed by atoms with Crippen LogP contribution in [0.5, 0.6) is 0 Å². The molecule has 0 saturated heterocycles. The first-order chi connectivity index (χ1) is 10.3. The van der Waals surface area contributed by atoms with Crippen LogP contribution in [0, 0.1) is 0 Å². The molecule has 0 aliphatic rings. The van der Waals surface area contributed by atoms with E-state index in [1.807, 2.05) is 48.7 Å². The van der Waals surface area contributed by atoms with Gasteiger partial charge in [0.25, 0.3) is 0 Å². The molecule has 106 valence electrons. The van der Waals surface area contributed by atoms with E-state index < -0.39 is 0 Å². The molecule has 4 heteroatoms. The third kappa shape index (κ3) is 3.35. The summed E-state index contributed by atoms with van der Waals surface area (Å²) < 4.78 is 0. The molecule has 1 aromatic heterocycles. The van der Waals surface area contributed by atoms with Crippen molar-refractivity contribution < 1.29 is 0 Å². The van der Waals surface area contributed by atoms with Crippen LogP contribution >= 0.6 is 0 Å². The lowest BCUT2D eigenvalue weighted by Gasteiger charge is -2.12. The van der Waals surface area contributed by atoms with Gasteiger partial charge in [0.05, 0.1) is 5.52 Å². The fraction of sp³-hybridized carbons (Fsp3) is 0.176. The van der Waals surface area contributed by atoms with Gasteiger partial charge in [-0.25, -0.2) is 9.97 Å². The first-order valence-electron chi connectivity index (χ1n) is 7.09. The van der Waals surface area contributed by atoms with E-state index in [0.29, 0.717) is 5.95 Å². The van der Waals surface area contributed by atoms with E-state index in [0.717, 1.165) is 29.4 Å². The number of fused-ring (bicyclic) bond motifs is 1. The van der Waals surface area contributed by atoms with Crippen molar-refractivity contribution in [2.45, 2.75) is 12.5 Å². The monoisotopic (exact) mass is 278 g/mol. The molecule has 2 aromatic carbocycles. The summed E-state index contributed by atoms with van der Waals surface area (Å²) in [5, 5.41) is 4.28. The Labute approximate surface area is 124 Å². The summed E-state index contributed by atoms with van der Waals surface area (Å²) in [5.41, 5.74) is 8.27. The Morgan fingerprint density at radius 2 is 1.76 bits per heavy atom. The summed E-state index contributed by atoms with van der Waals surface area (Å²) in [6.45, 7) is 0.744. The van der Waals surface area contributed by atoms with Crippen molar-refractivity contribution in [2.24, 2.45) is 5.73 Å². The molecule has 3 rings (SSSR count). The molecule has 0 fully saturated rings. The fourth-order valence-corrected chi connectivity index (χ4v) is 2.26. The number of aromatic nitrogens is 2. The Morgan fingerprint density at radius 3 is 2.62 bits per heavy atom. The molecule has 0 aliphatic heterocycles. The number of para-hydroxylation sites is 1. The summed E-state index contributed by atoms with van der Waals surface area (Å²) in [7, 11) is 0. The quantitative estimate of drug-likeness (QED) is 0.752. The maximum atomic E-state index is 6.17. The minimum Gasteiger partial charge on any atom is -0.354 e. The molecule has 0 bridgehead atoms. The second-order valence-electron chi connectivity index (χ2n) is 4.99. The van der Waals surface area contributed by atoms with Crippen LogP contribution in [-0.4, -0.2) is 16.5 Å². The smallest absolute Gasteiger partial charge is 0.223 e. The molecular formula is C17H18N4. The van der Waals surface area contributed by atoms with Crippen LogP contribution in [0.15, 0.2) is 60.8 Å². The third-order valence-electron chi connectivity index (χ3n) is 3.46. The predicted molar refractivity (Wildman–Crippen MR) is 86.0 cm³/mol. The minimum absolute atomic E-state index is 0.0270. The average molecular weight is 278 g/mol. The standard InChI is InChI=1S/C17H18N4/c18-15(13-6-2-1-3-7-13)10-11-19-17-20-12-14-8-4-5-9-16(14)21-17/h1-9,12,15H,10-11,18H2,(H,19,20,21). The lowest BCUT2D eigenvalue weighted by Crippen LogP contribution is -2.16. The Kier molecular flexibility index (Phi) is 4.07. The highest BCUT2D eigenvalue weighted by Crippen LogP contribution is 2.14. The predicted octanol–water partition coefficient (Wildman–Crippen LogP) is 3.13. The number of anilines is 1. The lowest BCUT2D eigenvalue weighted by atomic mass is 10.1. The van der Waals surface area contributed by atoms with Gasteiger partial charge in [-0.3, -0.25) is 0 Å². The molecule has 0 saturated carbocycles. The molecular weight excluding hydrogens is 260 g/mol. The number of rotatable bonds is 5. The van der Waals surface area contributed by atoms with Crippen LogP contribution in [0.25, 0.3) is 10.9 Å². The van der Waals surface area contributed by atoms with Crippen LogP contribution in [0.1, 0.15) is 18.0 Å². The third-order valence-corrected chi connectivity index (χ3v) is 3.46. The van der Waals surface area contributed by atoms with Gasteiger partial charge in [0.15, 0.2) is 0 Å². The zero-order valence-electron chi connectivity index (χ0n) is 11.7. The first-order valence-corrected chi connectivity index (χ1v) is 7.09. The SMILES string of the molecule is NC(CCNc1ncc2ccccc2n1)c1ccccc1. The number of hydrogen-bond donors (Lipinski definition) is 2. The molecule has 0 amide bonds.